The highest BCUT2D eigenvalue weighted by atomic mass is 35.5. The van der Waals surface area contributed by atoms with E-state index in [0.29, 0.717) is 29.4 Å². The van der Waals surface area contributed by atoms with Crippen LogP contribution in [0.2, 0.25) is 4.34 Å². The van der Waals surface area contributed by atoms with Crippen LogP contribution >= 0.6 is 22.9 Å². The molecule has 1 aliphatic rings. The molecule has 8 nitrogen and oxygen atoms in total. The molecule has 0 saturated carbocycles. The molecule has 0 aliphatic carbocycles. The Balaban J connectivity index is 1.78. The van der Waals surface area contributed by atoms with E-state index >= 15 is 0 Å². The highest BCUT2D eigenvalue weighted by Crippen LogP contribution is 2.25. The minimum absolute atomic E-state index is 0.215. The van der Waals surface area contributed by atoms with Gasteiger partial charge in [-0.15, -0.1) is 11.3 Å². The molecule has 0 amide bonds. The smallest absolute Gasteiger partial charge is 0.250 e. The SMILES string of the molecule is CCNC(=NCC(C)N1CCOCC1)NCCNS(=O)(=O)c1ccc(Cl)s1. The molecule has 11 heteroatoms. The molecule has 1 aromatic rings. The molecule has 0 aromatic carbocycles. The molecule has 1 atom stereocenters. The van der Waals surface area contributed by atoms with E-state index in [9.17, 15) is 8.42 Å². The van der Waals surface area contributed by atoms with Gasteiger partial charge in [0.1, 0.15) is 4.21 Å². The second kappa shape index (κ2) is 11.2. The average molecular weight is 438 g/mol. The first kappa shape index (κ1) is 22.4. The van der Waals surface area contributed by atoms with E-state index in [1.54, 1.807) is 6.07 Å². The fourth-order valence-corrected chi connectivity index (χ4v) is 5.14. The van der Waals surface area contributed by atoms with E-state index in [0.717, 1.165) is 44.2 Å². The molecule has 2 heterocycles. The van der Waals surface area contributed by atoms with Crippen LogP contribution in [0.15, 0.2) is 21.3 Å². The first-order valence-corrected chi connectivity index (χ1v) is 11.7. The Morgan fingerprint density at radius 2 is 2.07 bits per heavy atom. The van der Waals surface area contributed by atoms with Crippen LogP contribution in [-0.4, -0.2) is 77.8 Å². The third-order valence-corrected chi connectivity index (χ3v) is 7.23. The summed E-state index contributed by atoms with van der Waals surface area (Å²) in [5.74, 6) is 0.677. The lowest BCUT2D eigenvalue weighted by atomic mass is 10.2. The zero-order valence-electron chi connectivity index (χ0n) is 15.7. The molecule has 0 bridgehead atoms. The summed E-state index contributed by atoms with van der Waals surface area (Å²) in [6.07, 6.45) is 0. The average Bonchev–Trinajstić information content (AvgIpc) is 3.11. The summed E-state index contributed by atoms with van der Waals surface area (Å²) >= 11 is 6.84. The number of hydrogen-bond donors (Lipinski definition) is 3. The summed E-state index contributed by atoms with van der Waals surface area (Å²) in [6, 6.07) is 3.40. The van der Waals surface area contributed by atoms with Crippen molar-refractivity contribution in [3.63, 3.8) is 0 Å². The second-order valence-corrected chi connectivity index (χ2v) is 9.81. The number of sulfonamides is 1. The number of guanidine groups is 1. The van der Waals surface area contributed by atoms with Crippen LogP contribution in [0.5, 0.6) is 0 Å². The molecule has 27 heavy (non-hydrogen) atoms. The normalized spacial score (nSPS) is 17.7. The number of halogens is 1. The van der Waals surface area contributed by atoms with E-state index in [-0.39, 0.29) is 10.8 Å². The van der Waals surface area contributed by atoms with Crippen LogP contribution in [0.25, 0.3) is 0 Å². The van der Waals surface area contributed by atoms with Crippen molar-refractivity contribution in [3.05, 3.63) is 16.5 Å². The largest absolute Gasteiger partial charge is 0.379 e. The van der Waals surface area contributed by atoms with Crippen molar-refractivity contribution in [1.82, 2.24) is 20.3 Å². The molecule has 1 fully saturated rings. The van der Waals surface area contributed by atoms with Gasteiger partial charge in [0.05, 0.1) is 24.1 Å². The zero-order valence-corrected chi connectivity index (χ0v) is 18.1. The molecule has 1 aromatic heterocycles. The van der Waals surface area contributed by atoms with E-state index in [4.69, 9.17) is 16.3 Å². The molecule has 3 N–H and O–H groups in total. The number of nitrogens with zero attached hydrogens (tertiary/aromatic N) is 2. The van der Waals surface area contributed by atoms with Crippen molar-refractivity contribution in [2.24, 2.45) is 4.99 Å². The van der Waals surface area contributed by atoms with Gasteiger partial charge in [0, 0.05) is 38.8 Å². The third-order valence-electron chi connectivity index (χ3n) is 4.05. The van der Waals surface area contributed by atoms with Crippen molar-refractivity contribution >= 4 is 38.9 Å². The quantitative estimate of drug-likeness (QED) is 0.302. The summed E-state index contributed by atoms with van der Waals surface area (Å²) < 4.78 is 32.9. The minimum atomic E-state index is -3.52. The van der Waals surface area contributed by atoms with Crippen molar-refractivity contribution in [3.8, 4) is 0 Å². The third kappa shape index (κ3) is 7.55. The van der Waals surface area contributed by atoms with Crippen molar-refractivity contribution < 1.29 is 13.2 Å². The van der Waals surface area contributed by atoms with E-state index in [2.05, 4.69) is 32.2 Å². The molecule has 0 radical (unpaired) electrons. The van der Waals surface area contributed by atoms with Crippen LogP contribution in [0, 0.1) is 0 Å². The molecule has 2 rings (SSSR count). The molecule has 0 spiro atoms. The van der Waals surface area contributed by atoms with E-state index < -0.39 is 10.0 Å². The Labute approximate surface area is 170 Å². The predicted octanol–water partition coefficient (Wildman–Crippen LogP) is 0.956. The van der Waals surface area contributed by atoms with Crippen LogP contribution < -0.4 is 15.4 Å². The fourth-order valence-electron chi connectivity index (χ4n) is 2.58. The van der Waals surface area contributed by atoms with Gasteiger partial charge in [0.25, 0.3) is 0 Å². The number of morpholine rings is 1. The molecule has 1 saturated heterocycles. The lowest BCUT2D eigenvalue weighted by Gasteiger charge is -2.31. The molecule has 154 valence electrons. The maximum atomic E-state index is 12.2. The van der Waals surface area contributed by atoms with Gasteiger partial charge in [-0.3, -0.25) is 9.89 Å². The first-order chi connectivity index (χ1) is 12.9. The lowest BCUT2D eigenvalue weighted by Crippen LogP contribution is -2.45. The number of rotatable bonds is 9. The Bertz CT molecular complexity index is 705. The number of aliphatic imine (C=N–C) groups is 1. The van der Waals surface area contributed by atoms with Crippen LogP contribution in [0.3, 0.4) is 0 Å². The van der Waals surface area contributed by atoms with Gasteiger partial charge in [-0.2, -0.15) is 0 Å². The van der Waals surface area contributed by atoms with E-state index in [1.165, 1.54) is 6.07 Å². The molecule has 1 aliphatic heterocycles. The van der Waals surface area contributed by atoms with E-state index in [1.807, 2.05) is 6.92 Å². The Hall–Kier alpha value is -0.910. The second-order valence-electron chi connectivity index (χ2n) is 6.10. The van der Waals surface area contributed by atoms with Gasteiger partial charge in [-0.1, -0.05) is 11.6 Å². The van der Waals surface area contributed by atoms with Crippen molar-refractivity contribution in [2.75, 3.05) is 52.5 Å². The van der Waals surface area contributed by atoms with Crippen molar-refractivity contribution in [1.29, 1.82) is 0 Å². The fraction of sp³-hybridized carbons (Fsp3) is 0.688. The van der Waals surface area contributed by atoms with Gasteiger partial charge in [0.15, 0.2) is 5.96 Å². The lowest BCUT2D eigenvalue weighted by molar-refractivity contribution is 0.0220. The van der Waals surface area contributed by atoms with Crippen LogP contribution in [0.1, 0.15) is 13.8 Å². The van der Waals surface area contributed by atoms with Gasteiger partial charge in [-0.05, 0) is 26.0 Å². The summed E-state index contributed by atoms with van der Waals surface area (Å²) in [7, 11) is -3.52. The Morgan fingerprint density at radius 1 is 1.33 bits per heavy atom. The highest BCUT2D eigenvalue weighted by molar-refractivity contribution is 7.91. The Kier molecular flexibility index (Phi) is 9.27. The van der Waals surface area contributed by atoms with Crippen LogP contribution in [0.4, 0.5) is 0 Å². The number of nitrogens with one attached hydrogen (secondary N) is 3. The number of ether oxygens (including phenoxy) is 1. The predicted molar refractivity (Wildman–Crippen MR) is 110 cm³/mol. The summed E-state index contributed by atoms with van der Waals surface area (Å²) in [6.45, 7) is 9.60. The monoisotopic (exact) mass is 437 g/mol. The summed E-state index contributed by atoms with van der Waals surface area (Å²) in [5.41, 5.74) is 0. The maximum absolute atomic E-state index is 12.2. The van der Waals surface area contributed by atoms with Crippen LogP contribution in [-0.2, 0) is 14.8 Å². The molecular formula is C16H28ClN5O3S2. The maximum Gasteiger partial charge on any atom is 0.250 e. The molecular weight excluding hydrogens is 410 g/mol. The highest BCUT2D eigenvalue weighted by Gasteiger charge is 2.17. The van der Waals surface area contributed by atoms with Gasteiger partial charge in [0.2, 0.25) is 10.0 Å². The van der Waals surface area contributed by atoms with Gasteiger partial charge in [-0.25, -0.2) is 13.1 Å². The van der Waals surface area contributed by atoms with Crippen molar-refractivity contribution in [2.45, 2.75) is 24.1 Å². The number of hydrogen-bond acceptors (Lipinski definition) is 6. The number of thiophene rings is 1. The first-order valence-electron chi connectivity index (χ1n) is 9.01. The van der Waals surface area contributed by atoms with Gasteiger partial charge < -0.3 is 15.4 Å². The minimum Gasteiger partial charge on any atom is -0.379 e. The summed E-state index contributed by atoms with van der Waals surface area (Å²) in [5, 5.41) is 6.33. The topological polar surface area (TPSA) is 95.1 Å². The summed E-state index contributed by atoms with van der Waals surface area (Å²) in [4.78, 5) is 6.96. The molecule has 1 unspecified atom stereocenters. The Morgan fingerprint density at radius 3 is 2.70 bits per heavy atom. The standard InChI is InChI=1S/C16H28ClN5O3S2/c1-3-18-16(20-12-13(2)22-8-10-25-11-9-22)19-6-7-21-27(23,24)15-5-4-14(17)26-15/h4-5,13,21H,3,6-12H2,1-2H3,(H2,18,19,20). The zero-order chi connectivity index (χ0) is 19.7. The van der Waals surface area contributed by atoms with Gasteiger partial charge >= 0.3 is 0 Å².